The molecule has 0 atom stereocenters. The van der Waals surface area contributed by atoms with Crippen LogP contribution in [0, 0.1) is 0 Å². The van der Waals surface area contributed by atoms with Crippen LogP contribution in [0.1, 0.15) is 32.7 Å². The summed E-state index contributed by atoms with van der Waals surface area (Å²) < 4.78 is 2.16. The van der Waals surface area contributed by atoms with Gasteiger partial charge in [0, 0.05) is 12.1 Å². The van der Waals surface area contributed by atoms with Crippen molar-refractivity contribution in [1.82, 2.24) is 9.55 Å². The van der Waals surface area contributed by atoms with Crippen molar-refractivity contribution in [2.24, 2.45) is 0 Å². The Balaban J connectivity index is 2.11. The van der Waals surface area contributed by atoms with Crippen LogP contribution in [0.15, 0.2) is 12.5 Å². The van der Waals surface area contributed by atoms with Gasteiger partial charge in [-0.1, -0.05) is 0 Å². The second kappa shape index (κ2) is 2.81. The molecule has 1 aromatic heterocycles. The zero-order valence-electron chi connectivity index (χ0n) is 7.62. The summed E-state index contributed by atoms with van der Waals surface area (Å²) in [5.74, 6) is 1.16. The van der Waals surface area contributed by atoms with Gasteiger partial charge in [-0.3, -0.25) is 0 Å². The highest BCUT2D eigenvalue weighted by Gasteiger charge is 2.22. The Labute approximate surface area is 72.8 Å². The summed E-state index contributed by atoms with van der Waals surface area (Å²) in [6, 6.07) is 1.20. The maximum Gasteiger partial charge on any atom is 0.126 e. The van der Waals surface area contributed by atoms with Crippen LogP contribution in [0.5, 0.6) is 0 Å². The third-order valence-corrected chi connectivity index (χ3v) is 2.15. The number of aromatic nitrogens is 2. The topological polar surface area (TPSA) is 29.9 Å². The lowest BCUT2D eigenvalue weighted by Gasteiger charge is -2.12. The zero-order chi connectivity index (χ0) is 8.55. The van der Waals surface area contributed by atoms with E-state index in [1.807, 2.05) is 12.5 Å². The van der Waals surface area contributed by atoms with E-state index in [2.05, 4.69) is 28.7 Å². The Hall–Kier alpha value is -0.990. The predicted octanol–water partition coefficient (Wildman–Crippen LogP) is 2.04. The maximum absolute atomic E-state index is 4.12. The molecular formula is C9H15N3. The fourth-order valence-corrected chi connectivity index (χ4v) is 1.26. The first kappa shape index (κ1) is 7.65. The van der Waals surface area contributed by atoms with E-state index in [4.69, 9.17) is 0 Å². The molecule has 1 saturated carbocycles. The van der Waals surface area contributed by atoms with E-state index < -0.39 is 0 Å². The molecule has 0 unspecified atom stereocenters. The molecule has 0 saturated heterocycles. The van der Waals surface area contributed by atoms with E-state index >= 15 is 0 Å². The number of anilines is 1. The average Bonchev–Trinajstić information content (AvgIpc) is 2.66. The molecule has 0 aromatic carbocycles. The fourth-order valence-electron chi connectivity index (χ4n) is 1.26. The summed E-state index contributed by atoms with van der Waals surface area (Å²) in [5, 5.41) is 3.45. The van der Waals surface area contributed by atoms with Gasteiger partial charge in [-0.2, -0.15) is 0 Å². The number of rotatable bonds is 3. The second-order valence-electron chi connectivity index (χ2n) is 3.70. The third-order valence-electron chi connectivity index (χ3n) is 2.15. The normalized spacial score (nSPS) is 16.9. The molecule has 1 fully saturated rings. The lowest BCUT2D eigenvalue weighted by atomic mass is 10.4. The quantitative estimate of drug-likeness (QED) is 0.742. The average molecular weight is 165 g/mol. The monoisotopic (exact) mass is 165 g/mol. The van der Waals surface area contributed by atoms with Gasteiger partial charge < -0.3 is 9.88 Å². The van der Waals surface area contributed by atoms with Crippen LogP contribution in [0.3, 0.4) is 0 Å². The molecule has 1 aliphatic rings. The van der Waals surface area contributed by atoms with Crippen molar-refractivity contribution in [3.05, 3.63) is 12.5 Å². The standard InChI is InChI=1S/C9H15N3/c1-7(2)12-6-10-5-9(12)11-8-3-4-8/h5-8,11H,3-4H2,1-2H3. The summed E-state index contributed by atoms with van der Waals surface area (Å²) in [6.07, 6.45) is 6.40. The number of nitrogens with one attached hydrogen (secondary N) is 1. The van der Waals surface area contributed by atoms with E-state index in [0.29, 0.717) is 12.1 Å². The summed E-state index contributed by atoms with van der Waals surface area (Å²) >= 11 is 0. The first-order valence-electron chi connectivity index (χ1n) is 4.55. The number of imidazole rings is 1. The minimum absolute atomic E-state index is 0.494. The number of hydrogen-bond donors (Lipinski definition) is 1. The fraction of sp³-hybridized carbons (Fsp3) is 0.667. The summed E-state index contributed by atoms with van der Waals surface area (Å²) in [5.41, 5.74) is 0. The van der Waals surface area contributed by atoms with Crippen LogP contribution in [-0.2, 0) is 0 Å². The minimum atomic E-state index is 0.494. The van der Waals surface area contributed by atoms with Gasteiger partial charge >= 0.3 is 0 Å². The molecule has 1 heterocycles. The van der Waals surface area contributed by atoms with Gasteiger partial charge in [0.2, 0.25) is 0 Å². The van der Waals surface area contributed by atoms with Gasteiger partial charge in [0.15, 0.2) is 0 Å². The highest BCUT2D eigenvalue weighted by molar-refractivity contribution is 5.36. The Bertz CT molecular complexity index is 260. The van der Waals surface area contributed by atoms with Crippen LogP contribution < -0.4 is 5.32 Å². The lowest BCUT2D eigenvalue weighted by molar-refractivity contribution is 0.604. The first-order valence-corrected chi connectivity index (χ1v) is 4.55. The molecule has 1 N–H and O–H groups in total. The van der Waals surface area contributed by atoms with Gasteiger partial charge in [-0.15, -0.1) is 0 Å². The Morgan fingerprint density at radius 2 is 2.33 bits per heavy atom. The van der Waals surface area contributed by atoms with Crippen molar-refractivity contribution >= 4 is 5.82 Å². The molecule has 2 rings (SSSR count). The molecule has 0 radical (unpaired) electrons. The SMILES string of the molecule is CC(C)n1cncc1NC1CC1. The number of nitrogens with zero attached hydrogens (tertiary/aromatic N) is 2. The van der Waals surface area contributed by atoms with Crippen LogP contribution in [-0.4, -0.2) is 15.6 Å². The summed E-state index contributed by atoms with van der Waals surface area (Å²) in [7, 11) is 0. The second-order valence-corrected chi connectivity index (χ2v) is 3.70. The molecule has 0 spiro atoms. The lowest BCUT2D eigenvalue weighted by Crippen LogP contribution is -2.08. The molecule has 0 aliphatic heterocycles. The molecule has 1 aliphatic carbocycles. The van der Waals surface area contributed by atoms with Crippen LogP contribution in [0.4, 0.5) is 5.82 Å². The number of hydrogen-bond acceptors (Lipinski definition) is 2. The van der Waals surface area contributed by atoms with Crippen molar-refractivity contribution in [3.63, 3.8) is 0 Å². The Morgan fingerprint density at radius 3 is 2.92 bits per heavy atom. The summed E-state index contributed by atoms with van der Waals surface area (Å²) in [4.78, 5) is 4.12. The van der Waals surface area contributed by atoms with E-state index in [-0.39, 0.29) is 0 Å². The zero-order valence-corrected chi connectivity index (χ0v) is 7.62. The van der Waals surface area contributed by atoms with E-state index in [9.17, 15) is 0 Å². The van der Waals surface area contributed by atoms with Crippen molar-refractivity contribution in [2.45, 2.75) is 38.8 Å². The maximum atomic E-state index is 4.12. The van der Waals surface area contributed by atoms with Crippen LogP contribution in [0.2, 0.25) is 0 Å². The van der Waals surface area contributed by atoms with E-state index in [0.717, 1.165) is 5.82 Å². The molecule has 0 amide bonds. The summed E-state index contributed by atoms with van der Waals surface area (Å²) in [6.45, 7) is 4.33. The largest absolute Gasteiger partial charge is 0.367 e. The highest BCUT2D eigenvalue weighted by Crippen LogP contribution is 2.25. The van der Waals surface area contributed by atoms with Crippen molar-refractivity contribution in [2.75, 3.05) is 5.32 Å². The van der Waals surface area contributed by atoms with Gasteiger partial charge in [0.25, 0.3) is 0 Å². The van der Waals surface area contributed by atoms with Gasteiger partial charge in [0.05, 0.1) is 12.5 Å². The van der Waals surface area contributed by atoms with Gasteiger partial charge in [0.1, 0.15) is 5.82 Å². The third kappa shape index (κ3) is 1.44. The van der Waals surface area contributed by atoms with Gasteiger partial charge in [-0.25, -0.2) is 4.98 Å². The minimum Gasteiger partial charge on any atom is -0.367 e. The van der Waals surface area contributed by atoms with Crippen molar-refractivity contribution < 1.29 is 0 Å². The smallest absolute Gasteiger partial charge is 0.126 e. The van der Waals surface area contributed by atoms with Crippen LogP contribution in [0.25, 0.3) is 0 Å². The Kier molecular flexibility index (Phi) is 1.79. The molecule has 3 nitrogen and oxygen atoms in total. The highest BCUT2D eigenvalue weighted by atomic mass is 15.2. The van der Waals surface area contributed by atoms with E-state index in [1.165, 1.54) is 12.8 Å². The predicted molar refractivity (Wildman–Crippen MR) is 49.3 cm³/mol. The van der Waals surface area contributed by atoms with Gasteiger partial charge in [-0.05, 0) is 26.7 Å². The first-order chi connectivity index (χ1) is 5.77. The molecule has 66 valence electrons. The Morgan fingerprint density at radius 1 is 1.58 bits per heavy atom. The van der Waals surface area contributed by atoms with E-state index in [1.54, 1.807) is 0 Å². The van der Waals surface area contributed by atoms with Crippen LogP contribution >= 0.6 is 0 Å². The van der Waals surface area contributed by atoms with Crippen molar-refractivity contribution in [3.8, 4) is 0 Å². The van der Waals surface area contributed by atoms with Crippen molar-refractivity contribution in [1.29, 1.82) is 0 Å². The molecule has 1 aromatic rings. The molecule has 3 heteroatoms. The molecule has 0 bridgehead atoms. The molecular weight excluding hydrogens is 150 g/mol. The molecule has 12 heavy (non-hydrogen) atoms.